The first kappa shape index (κ1) is 15.5. The maximum atomic E-state index is 13.1. The van der Waals surface area contributed by atoms with E-state index in [0.29, 0.717) is 0 Å². The van der Waals surface area contributed by atoms with E-state index < -0.39 is 15.8 Å². The molecular weight excluding hydrogens is 291 g/mol. The lowest BCUT2D eigenvalue weighted by Gasteiger charge is -2.17. The third-order valence-electron chi connectivity index (χ3n) is 3.20. The van der Waals surface area contributed by atoms with Gasteiger partial charge in [-0.25, -0.2) is 12.8 Å². The lowest BCUT2D eigenvalue weighted by atomic mass is 10.1. The standard InChI is InChI=1S/C15H17FN2O2S/c1-11-3-5-12(6-4-11)10-18(2)21(19,20)13-7-8-14(16)15(17)9-13/h3-9H,10,17H2,1-2H3. The Bertz CT molecular complexity index is 743. The number of anilines is 1. The summed E-state index contributed by atoms with van der Waals surface area (Å²) in [6, 6.07) is 11.0. The number of rotatable bonds is 4. The fourth-order valence-corrected chi connectivity index (χ4v) is 3.09. The number of hydrogen-bond donors (Lipinski definition) is 1. The number of nitrogen functional groups attached to an aromatic ring is 1. The molecule has 0 heterocycles. The molecule has 6 heteroatoms. The summed E-state index contributed by atoms with van der Waals surface area (Å²) in [5.41, 5.74) is 7.23. The third kappa shape index (κ3) is 3.40. The van der Waals surface area contributed by atoms with Crippen LogP contribution in [-0.2, 0) is 16.6 Å². The second-order valence-corrected chi connectivity index (χ2v) is 6.97. The number of benzene rings is 2. The molecule has 0 aliphatic carbocycles. The van der Waals surface area contributed by atoms with Gasteiger partial charge in [-0.15, -0.1) is 0 Å². The molecule has 0 saturated carbocycles. The van der Waals surface area contributed by atoms with Gasteiger partial charge in [-0.05, 0) is 30.7 Å². The molecule has 112 valence electrons. The number of nitrogens with zero attached hydrogens (tertiary/aromatic N) is 1. The summed E-state index contributed by atoms with van der Waals surface area (Å²) < 4.78 is 39.2. The minimum absolute atomic E-state index is 0.0176. The smallest absolute Gasteiger partial charge is 0.243 e. The number of hydrogen-bond acceptors (Lipinski definition) is 3. The van der Waals surface area contributed by atoms with E-state index in [1.807, 2.05) is 31.2 Å². The summed E-state index contributed by atoms with van der Waals surface area (Å²) in [4.78, 5) is -0.0176. The molecule has 0 aliphatic heterocycles. The van der Waals surface area contributed by atoms with Crippen LogP contribution in [0.2, 0.25) is 0 Å². The van der Waals surface area contributed by atoms with E-state index in [1.165, 1.54) is 17.4 Å². The van der Waals surface area contributed by atoms with Crippen LogP contribution < -0.4 is 5.73 Å². The predicted octanol–water partition coefficient (Wildman–Crippen LogP) is 2.54. The van der Waals surface area contributed by atoms with Crippen molar-refractivity contribution < 1.29 is 12.8 Å². The van der Waals surface area contributed by atoms with Gasteiger partial charge in [-0.1, -0.05) is 29.8 Å². The Balaban J connectivity index is 2.25. The molecule has 2 N–H and O–H groups in total. The highest BCUT2D eigenvalue weighted by Gasteiger charge is 2.21. The van der Waals surface area contributed by atoms with Gasteiger partial charge in [0.15, 0.2) is 0 Å². The van der Waals surface area contributed by atoms with Gasteiger partial charge in [0, 0.05) is 13.6 Å². The maximum Gasteiger partial charge on any atom is 0.243 e. The zero-order valence-corrected chi connectivity index (χ0v) is 12.7. The van der Waals surface area contributed by atoms with Gasteiger partial charge in [0.1, 0.15) is 5.82 Å². The molecule has 4 nitrogen and oxygen atoms in total. The molecule has 0 aromatic heterocycles. The summed E-state index contributed by atoms with van der Waals surface area (Å²) >= 11 is 0. The normalized spacial score (nSPS) is 11.8. The van der Waals surface area contributed by atoms with Crippen LogP contribution >= 0.6 is 0 Å². The molecule has 21 heavy (non-hydrogen) atoms. The van der Waals surface area contributed by atoms with Crippen molar-refractivity contribution in [2.75, 3.05) is 12.8 Å². The van der Waals surface area contributed by atoms with Crippen LogP contribution in [0.1, 0.15) is 11.1 Å². The second-order valence-electron chi connectivity index (χ2n) is 4.93. The minimum Gasteiger partial charge on any atom is -0.396 e. The number of nitrogens with two attached hydrogens (primary N) is 1. The fraction of sp³-hybridized carbons (Fsp3) is 0.200. The Morgan fingerprint density at radius 2 is 1.76 bits per heavy atom. The highest BCUT2D eigenvalue weighted by atomic mass is 32.2. The van der Waals surface area contributed by atoms with Crippen molar-refractivity contribution in [1.82, 2.24) is 4.31 Å². The van der Waals surface area contributed by atoms with E-state index in [9.17, 15) is 12.8 Å². The summed E-state index contributed by atoms with van der Waals surface area (Å²) in [6.07, 6.45) is 0. The zero-order chi connectivity index (χ0) is 15.6. The van der Waals surface area contributed by atoms with Crippen LogP contribution in [0.3, 0.4) is 0 Å². The van der Waals surface area contributed by atoms with Gasteiger partial charge in [0.25, 0.3) is 0 Å². The predicted molar refractivity (Wildman–Crippen MR) is 80.6 cm³/mol. The van der Waals surface area contributed by atoms with Crippen molar-refractivity contribution in [2.45, 2.75) is 18.4 Å². The van der Waals surface area contributed by atoms with Crippen LogP contribution in [0.15, 0.2) is 47.4 Å². The van der Waals surface area contributed by atoms with Gasteiger partial charge >= 0.3 is 0 Å². The maximum absolute atomic E-state index is 13.1. The number of aryl methyl sites for hydroxylation is 1. The van der Waals surface area contributed by atoms with Crippen molar-refractivity contribution in [3.8, 4) is 0 Å². The first-order chi connectivity index (χ1) is 9.80. The van der Waals surface area contributed by atoms with Crippen LogP contribution in [0, 0.1) is 12.7 Å². The fourth-order valence-electron chi connectivity index (χ4n) is 1.90. The summed E-state index contributed by atoms with van der Waals surface area (Å²) in [7, 11) is -2.22. The number of halogens is 1. The molecular formula is C15H17FN2O2S. The zero-order valence-electron chi connectivity index (χ0n) is 11.9. The molecule has 0 atom stereocenters. The Morgan fingerprint density at radius 3 is 2.33 bits per heavy atom. The van der Waals surface area contributed by atoms with E-state index in [2.05, 4.69) is 0 Å². The highest BCUT2D eigenvalue weighted by molar-refractivity contribution is 7.89. The van der Waals surface area contributed by atoms with Crippen molar-refractivity contribution in [2.24, 2.45) is 0 Å². The molecule has 2 aromatic carbocycles. The van der Waals surface area contributed by atoms with E-state index in [1.54, 1.807) is 0 Å². The van der Waals surface area contributed by atoms with Gasteiger partial charge in [0.2, 0.25) is 10.0 Å². The van der Waals surface area contributed by atoms with Crippen LogP contribution in [0.5, 0.6) is 0 Å². The topological polar surface area (TPSA) is 63.4 Å². The average molecular weight is 308 g/mol. The SMILES string of the molecule is Cc1ccc(CN(C)S(=O)(=O)c2ccc(F)c(N)c2)cc1. The second kappa shape index (κ2) is 5.83. The molecule has 0 radical (unpaired) electrons. The largest absolute Gasteiger partial charge is 0.396 e. The molecule has 0 amide bonds. The van der Waals surface area contributed by atoms with Crippen molar-refractivity contribution in [3.63, 3.8) is 0 Å². The first-order valence-corrected chi connectivity index (χ1v) is 7.81. The molecule has 2 aromatic rings. The molecule has 0 spiro atoms. The average Bonchev–Trinajstić information content (AvgIpc) is 2.44. The monoisotopic (exact) mass is 308 g/mol. The van der Waals surface area contributed by atoms with Crippen molar-refractivity contribution in [1.29, 1.82) is 0 Å². The summed E-state index contributed by atoms with van der Waals surface area (Å²) in [5.74, 6) is -0.630. The van der Waals surface area contributed by atoms with E-state index in [-0.39, 0.29) is 17.1 Å². The lowest BCUT2D eigenvalue weighted by Crippen LogP contribution is -2.26. The molecule has 0 fully saturated rings. The lowest BCUT2D eigenvalue weighted by molar-refractivity contribution is 0.466. The Hall–Kier alpha value is -1.92. The minimum atomic E-state index is -3.70. The van der Waals surface area contributed by atoms with Crippen molar-refractivity contribution >= 4 is 15.7 Å². The van der Waals surface area contributed by atoms with Crippen LogP contribution in [-0.4, -0.2) is 19.8 Å². The van der Waals surface area contributed by atoms with Gasteiger partial charge < -0.3 is 5.73 Å². The van der Waals surface area contributed by atoms with Crippen LogP contribution in [0.4, 0.5) is 10.1 Å². The molecule has 0 bridgehead atoms. The summed E-state index contributed by atoms with van der Waals surface area (Å²) in [5, 5.41) is 0. The Kier molecular flexibility index (Phi) is 4.29. The van der Waals surface area contributed by atoms with Crippen molar-refractivity contribution in [3.05, 3.63) is 59.4 Å². The summed E-state index contributed by atoms with van der Waals surface area (Å²) in [6.45, 7) is 2.20. The Morgan fingerprint density at radius 1 is 1.14 bits per heavy atom. The van der Waals surface area contributed by atoms with E-state index in [0.717, 1.165) is 23.3 Å². The molecule has 2 rings (SSSR count). The quantitative estimate of drug-likeness (QED) is 0.883. The third-order valence-corrected chi connectivity index (χ3v) is 5.00. The van der Waals surface area contributed by atoms with Gasteiger partial charge in [-0.2, -0.15) is 4.31 Å². The first-order valence-electron chi connectivity index (χ1n) is 6.37. The molecule has 0 saturated heterocycles. The Labute approximate surface area is 124 Å². The number of sulfonamides is 1. The van der Waals surface area contributed by atoms with Gasteiger partial charge in [-0.3, -0.25) is 0 Å². The van der Waals surface area contributed by atoms with E-state index >= 15 is 0 Å². The highest BCUT2D eigenvalue weighted by Crippen LogP contribution is 2.21. The molecule has 0 aliphatic rings. The van der Waals surface area contributed by atoms with E-state index in [4.69, 9.17) is 5.73 Å². The van der Waals surface area contributed by atoms with Crippen LogP contribution in [0.25, 0.3) is 0 Å². The molecule has 0 unspecified atom stereocenters. The van der Waals surface area contributed by atoms with Gasteiger partial charge in [0.05, 0.1) is 10.6 Å².